The second-order valence-electron chi connectivity index (χ2n) is 3.06. The van der Waals surface area contributed by atoms with Gasteiger partial charge < -0.3 is 15.6 Å². The Morgan fingerprint density at radius 3 is 2.81 bits per heavy atom. The summed E-state index contributed by atoms with van der Waals surface area (Å²) in [7, 11) is 1.29. The Bertz CT molecular complexity index is 423. The van der Waals surface area contributed by atoms with E-state index in [2.05, 4.69) is 15.9 Å². The molecule has 0 saturated heterocycles. The summed E-state index contributed by atoms with van der Waals surface area (Å²) in [5, 5.41) is 9.42. The molecule has 0 bridgehead atoms. The highest BCUT2D eigenvalue weighted by molar-refractivity contribution is 9.10. The first-order valence-corrected chi connectivity index (χ1v) is 5.30. The van der Waals surface area contributed by atoms with Crippen molar-refractivity contribution in [1.82, 2.24) is 0 Å². The summed E-state index contributed by atoms with van der Waals surface area (Å²) in [5.41, 5.74) is 5.01. The largest absolute Gasteiger partial charge is 0.502 e. The number of halogens is 2. The number of phenolic OH excluding ortho intramolecular Hbond substituents is 1. The van der Waals surface area contributed by atoms with E-state index in [4.69, 9.17) is 10.5 Å². The second kappa shape index (κ2) is 5.27. The molecule has 0 unspecified atom stereocenters. The van der Waals surface area contributed by atoms with Crippen molar-refractivity contribution in [3.05, 3.63) is 21.9 Å². The average molecular weight is 292 g/mol. The lowest BCUT2D eigenvalue weighted by molar-refractivity contribution is 0.0979. The molecule has 0 spiro atoms. The van der Waals surface area contributed by atoms with Crippen molar-refractivity contribution in [2.24, 2.45) is 5.73 Å². The van der Waals surface area contributed by atoms with Crippen molar-refractivity contribution in [2.75, 3.05) is 13.7 Å². The lowest BCUT2D eigenvalue weighted by atomic mass is 10.1. The van der Waals surface area contributed by atoms with Crippen LogP contribution in [-0.2, 0) is 0 Å². The smallest absolute Gasteiger partial charge is 0.195 e. The molecule has 88 valence electrons. The van der Waals surface area contributed by atoms with Crippen LogP contribution < -0.4 is 10.5 Å². The summed E-state index contributed by atoms with van der Waals surface area (Å²) in [4.78, 5) is 11.5. The molecule has 6 heteroatoms. The Balaban J connectivity index is 3.30. The van der Waals surface area contributed by atoms with Crippen molar-refractivity contribution in [1.29, 1.82) is 0 Å². The highest BCUT2D eigenvalue weighted by Gasteiger charge is 2.21. The SMILES string of the molecule is COc1cc(Br)c(C(=O)CCN)c(F)c1O. The van der Waals surface area contributed by atoms with Gasteiger partial charge in [0.15, 0.2) is 23.1 Å². The van der Waals surface area contributed by atoms with E-state index in [9.17, 15) is 14.3 Å². The monoisotopic (exact) mass is 291 g/mol. The minimum absolute atomic E-state index is 0.0152. The summed E-state index contributed by atoms with van der Waals surface area (Å²) < 4.78 is 18.6. The van der Waals surface area contributed by atoms with Crippen LogP contribution in [0.15, 0.2) is 10.5 Å². The molecular weight excluding hydrogens is 281 g/mol. The maximum Gasteiger partial charge on any atom is 0.195 e. The van der Waals surface area contributed by atoms with Gasteiger partial charge in [-0.3, -0.25) is 4.79 Å². The number of hydrogen-bond acceptors (Lipinski definition) is 4. The third kappa shape index (κ3) is 2.33. The quantitative estimate of drug-likeness (QED) is 0.830. The van der Waals surface area contributed by atoms with E-state index in [1.54, 1.807) is 0 Å². The molecule has 0 radical (unpaired) electrons. The van der Waals surface area contributed by atoms with Gasteiger partial charge >= 0.3 is 0 Å². The molecule has 1 aromatic rings. The molecule has 3 N–H and O–H groups in total. The van der Waals surface area contributed by atoms with Gasteiger partial charge in [-0.15, -0.1) is 0 Å². The molecule has 4 nitrogen and oxygen atoms in total. The van der Waals surface area contributed by atoms with E-state index in [0.29, 0.717) is 0 Å². The van der Waals surface area contributed by atoms with E-state index >= 15 is 0 Å². The summed E-state index contributed by atoms with van der Waals surface area (Å²) in [6.45, 7) is 0.123. The van der Waals surface area contributed by atoms with E-state index < -0.39 is 17.3 Å². The number of aromatic hydroxyl groups is 1. The summed E-state index contributed by atoms with van der Waals surface area (Å²) in [6.07, 6.45) is 0.0152. The van der Waals surface area contributed by atoms with Crippen LogP contribution in [0, 0.1) is 5.82 Å². The minimum Gasteiger partial charge on any atom is -0.502 e. The van der Waals surface area contributed by atoms with Crippen LogP contribution in [-0.4, -0.2) is 24.5 Å². The molecule has 0 aliphatic rings. The molecule has 1 aromatic carbocycles. The van der Waals surface area contributed by atoms with Gasteiger partial charge in [-0.25, -0.2) is 4.39 Å². The molecule has 0 fully saturated rings. The minimum atomic E-state index is -0.996. The Morgan fingerprint density at radius 1 is 1.69 bits per heavy atom. The third-order valence-electron chi connectivity index (χ3n) is 2.03. The first-order valence-electron chi connectivity index (χ1n) is 4.51. The molecule has 0 aromatic heterocycles. The van der Waals surface area contributed by atoms with Gasteiger partial charge in [0.05, 0.1) is 12.7 Å². The number of Topliss-reactive ketones (excluding diaryl/α,β-unsaturated/α-hetero) is 1. The lowest BCUT2D eigenvalue weighted by Crippen LogP contribution is -2.11. The predicted octanol–water partition coefficient (Wildman–Crippen LogP) is 1.83. The number of methoxy groups -OCH3 is 1. The first-order chi connectivity index (χ1) is 7.52. The van der Waals surface area contributed by atoms with E-state index in [0.717, 1.165) is 0 Å². The van der Waals surface area contributed by atoms with Crippen LogP contribution in [0.3, 0.4) is 0 Å². The third-order valence-corrected chi connectivity index (χ3v) is 2.65. The molecule has 0 saturated carbocycles. The second-order valence-corrected chi connectivity index (χ2v) is 3.91. The van der Waals surface area contributed by atoms with Crippen LogP contribution in [0.2, 0.25) is 0 Å². The molecule has 0 atom stereocenters. The van der Waals surface area contributed by atoms with Crippen molar-refractivity contribution >= 4 is 21.7 Å². The number of ether oxygens (including phenoxy) is 1. The van der Waals surface area contributed by atoms with Gasteiger partial charge in [0, 0.05) is 10.9 Å². The van der Waals surface area contributed by atoms with Gasteiger partial charge in [0.2, 0.25) is 0 Å². The van der Waals surface area contributed by atoms with E-state index in [-0.39, 0.29) is 28.8 Å². The fraction of sp³-hybridized carbons (Fsp3) is 0.300. The number of nitrogens with two attached hydrogens (primary N) is 1. The Hall–Kier alpha value is -1.14. The lowest BCUT2D eigenvalue weighted by Gasteiger charge is -2.10. The Kier molecular flexibility index (Phi) is 4.26. The maximum absolute atomic E-state index is 13.7. The van der Waals surface area contributed by atoms with Gasteiger partial charge in [-0.1, -0.05) is 0 Å². The summed E-state index contributed by atoms with van der Waals surface area (Å²) >= 11 is 3.05. The van der Waals surface area contributed by atoms with Crippen LogP contribution in [0.5, 0.6) is 11.5 Å². The van der Waals surface area contributed by atoms with Crippen molar-refractivity contribution in [2.45, 2.75) is 6.42 Å². The average Bonchev–Trinajstić information content (AvgIpc) is 2.24. The van der Waals surface area contributed by atoms with Gasteiger partial charge in [-0.05, 0) is 28.5 Å². The number of hydrogen-bond donors (Lipinski definition) is 2. The number of rotatable bonds is 4. The summed E-state index contributed by atoms with van der Waals surface area (Å²) in [5.74, 6) is -2.17. The number of benzene rings is 1. The van der Waals surface area contributed by atoms with Crippen molar-refractivity contribution in [3.8, 4) is 11.5 Å². The maximum atomic E-state index is 13.7. The normalized spacial score (nSPS) is 10.2. The Labute approximate surface area is 100 Å². The molecule has 0 amide bonds. The molecule has 0 aliphatic carbocycles. The molecular formula is C10H11BrFNO3. The van der Waals surface area contributed by atoms with Crippen molar-refractivity contribution in [3.63, 3.8) is 0 Å². The zero-order valence-electron chi connectivity index (χ0n) is 8.59. The fourth-order valence-corrected chi connectivity index (χ4v) is 1.86. The van der Waals surface area contributed by atoms with E-state index in [1.807, 2.05) is 0 Å². The highest BCUT2D eigenvalue weighted by atomic mass is 79.9. The molecule has 1 rings (SSSR count). The first kappa shape index (κ1) is 12.9. The van der Waals surface area contributed by atoms with Crippen LogP contribution in [0.25, 0.3) is 0 Å². The van der Waals surface area contributed by atoms with Gasteiger partial charge in [0.25, 0.3) is 0 Å². The number of carbonyl (C=O) groups excluding carboxylic acids is 1. The van der Waals surface area contributed by atoms with Crippen LogP contribution >= 0.6 is 15.9 Å². The van der Waals surface area contributed by atoms with Gasteiger partial charge in [0.1, 0.15) is 0 Å². The summed E-state index contributed by atoms with van der Waals surface area (Å²) in [6, 6.07) is 1.34. The van der Waals surface area contributed by atoms with Crippen LogP contribution in [0.1, 0.15) is 16.8 Å². The molecule has 0 aliphatic heterocycles. The van der Waals surface area contributed by atoms with Crippen LogP contribution in [0.4, 0.5) is 4.39 Å². The van der Waals surface area contributed by atoms with Gasteiger partial charge in [-0.2, -0.15) is 0 Å². The van der Waals surface area contributed by atoms with Crippen molar-refractivity contribution < 1.29 is 19.0 Å². The predicted molar refractivity (Wildman–Crippen MR) is 60.3 cm³/mol. The zero-order chi connectivity index (χ0) is 12.3. The highest BCUT2D eigenvalue weighted by Crippen LogP contribution is 2.36. The van der Waals surface area contributed by atoms with E-state index in [1.165, 1.54) is 13.2 Å². The molecule has 0 heterocycles. The number of carbonyl (C=O) groups is 1. The number of ketones is 1. The standard InChI is InChI=1S/C10H11BrFNO3/c1-16-7-4-5(11)8(6(14)2-3-13)9(12)10(7)15/h4,15H,2-3,13H2,1H3. The zero-order valence-corrected chi connectivity index (χ0v) is 10.2. The number of phenols is 1. The Morgan fingerprint density at radius 2 is 2.31 bits per heavy atom. The molecule has 16 heavy (non-hydrogen) atoms. The topological polar surface area (TPSA) is 72.5 Å². The fourth-order valence-electron chi connectivity index (χ4n) is 1.25.